The summed E-state index contributed by atoms with van der Waals surface area (Å²) in [6.45, 7) is 2.22. The van der Waals surface area contributed by atoms with Crippen molar-refractivity contribution in [3.63, 3.8) is 0 Å². The lowest BCUT2D eigenvalue weighted by Crippen LogP contribution is -2.37. The minimum atomic E-state index is -0.441. The molecule has 0 spiro atoms. The predicted molar refractivity (Wildman–Crippen MR) is 64.8 cm³/mol. The molecule has 0 aliphatic rings. The number of thiophene rings is 1. The van der Waals surface area contributed by atoms with Crippen LogP contribution in [-0.4, -0.2) is 11.9 Å². The van der Waals surface area contributed by atoms with Crippen LogP contribution in [0.15, 0.2) is 15.9 Å². The van der Waals surface area contributed by atoms with E-state index >= 15 is 0 Å². The summed E-state index contributed by atoms with van der Waals surface area (Å²) in [5, 5.41) is 2.74. The van der Waals surface area contributed by atoms with Gasteiger partial charge >= 0.3 is 0 Å². The van der Waals surface area contributed by atoms with Gasteiger partial charge in [-0.1, -0.05) is 0 Å². The van der Waals surface area contributed by atoms with Gasteiger partial charge in [0, 0.05) is 4.88 Å². The molecule has 14 heavy (non-hydrogen) atoms. The summed E-state index contributed by atoms with van der Waals surface area (Å²) < 4.78 is 1.07. The fourth-order valence-electron chi connectivity index (χ4n) is 0.782. The molecule has 0 bridgehead atoms. The Kier molecular flexibility index (Phi) is 6.35. The molecule has 6 heteroatoms. The number of hydrogen-bond acceptors (Lipinski definition) is 3. The van der Waals surface area contributed by atoms with Gasteiger partial charge in [-0.2, -0.15) is 0 Å². The van der Waals surface area contributed by atoms with Gasteiger partial charge in [0.1, 0.15) is 0 Å². The topological polar surface area (TPSA) is 55.1 Å². The SMILES string of the molecule is C[C@@H](N)C(=O)NCc1ccc(Br)s1.Cl. The highest BCUT2D eigenvalue weighted by Crippen LogP contribution is 2.21. The van der Waals surface area contributed by atoms with Gasteiger partial charge in [0.2, 0.25) is 5.91 Å². The maximum Gasteiger partial charge on any atom is 0.236 e. The Balaban J connectivity index is 0.00000169. The summed E-state index contributed by atoms with van der Waals surface area (Å²) in [5.74, 6) is -0.121. The predicted octanol–water partition coefficient (Wildman–Crippen LogP) is 1.90. The van der Waals surface area contributed by atoms with Crippen LogP contribution in [0.3, 0.4) is 0 Å². The summed E-state index contributed by atoms with van der Waals surface area (Å²) in [6, 6.07) is 3.48. The highest BCUT2D eigenvalue weighted by molar-refractivity contribution is 9.11. The zero-order chi connectivity index (χ0) is 9.84. The molecular weight excluding hydrogens is 288 g/mol. The van der Waals surface area contributed by atoms with Crippen LogP contribution in [0.5, 0.6) is 0 Å². The molecule has 1 aromatic heterocycles. The molecule has 0 saturated heterocycles. The van der Waals surface area contributed by atoms with Crippen LogP contribution >= 0.6 is 39.7 Å². The van der Waals surface area contributed by atoms with E-state index in [9.17, 15) is 4.79 Å². The Morgan fingerprint density at radius 2 is 2.36 bits per heavy atom. The van der Waals surface area contributed by atoms with Gasteiger partial charge in [-0.05, 0) is 35.0 Å². The fraction of sp³-hybridized carbons (Fsp3) is 0.375. The summed E-state index contributed by atoms with van der Waals surface area (Å²) in [4.78, 5) is 12.2. The zero-order valence-electron chi connectivity index (χ0n) is 7.62. The molecule has 0 fully saturated rings. The summed E-state index contributed by atoms with van der Waals surface area (Å²) in [5.41, 5.74) is 5.39. The van der Waals surface area contributed by atoms with Gasteiger partial charge in [-0.15, -0.1) is 23.7 Å². The van der Waals surface area contributed by atoms with E-state index in [1.165, 1.54) is 0 Å². The van der Waals surface area contributed by atoms with Crippen molar-refractivity contribution in [1.82, 2.24) is 5.32 Å². The number of hydrogen-bond donors (Lipinski definition) is 2. The first-order chi connectivity index (χ1) is 6.09. The highest BCUT2D eigenvalue weighted by Gasteiger charge is 2.06. The molecule has 0 aliphatic carbocycles. The van der Waals surface area contributed by atoms with Crippen LogP contribution in [0.2, 0.25) is 0 Å². The molecular formula is C8H12BrClN2OS. The van der Waals surface area contributed by atoms with Crippen LogP contribution in [0.25, 0.3) is 0 Å². The second-order valence-electron chi connectivity index (χ2n) is 2.71. The lowest BCUT2D eigenvalue weighted by molar-refractivity contribution is -0.122. The maximum atomic E-state index is 11.1. The average Bonchev–Trinajstić information content (AvgIpc) is 2.47. The van der Waals surface area contributed by atoms with Crippen LogP contribution in [0.1, 0.15) is 11.8 Å². The van der Waals surface area contributed by atoms with Crippen molar-refractivity contribution < 1.29 is 4.79 Å². The van der Waals surface area contributed by atoms with E-state index in [1.54, 1.807) is 18.3 Å². The molecule has 3 N–H and O–H groups in total. The van der Waals surface area contributed by atoms with Crippen molar-refractivity contribution in [3.05, 3.63) is 20.8 Å². The fourth-order valence-corrected chi connectivity index (χ4v) is 2.20. The normalized spacial score (nSPS) is 11.6. The minimum Gasteiger partial charge on any atom is -0.350 e. The number of halogens is 2. The first kappa shape index (κ1) is 13.9. The minimum absolute atomic E-state index is 0. The van der Waals surface area contributed by atoms with Gasteiger partial charge in [0.25, 0.3) is 0 Å². The van der Waals surface area contributed by atoms with Crippen LogP contribution in [-0.2, 0) is 11.3 Å². The molecule has 1 amide bonds. The molecule has 0 unspecified atom stereocenters. The van der Waals surface area contributed by atoms with Crippen molar-refractivity contribution in [1.29, 1.82) is 0 Å². The molecule has 0 saturated carbocycles. The molecule has 1 rings (SSSR count). The second-order valence-corrected chi connectivity index (χ2v) is 5.26. The smallest absolute Gasteiger partial charge is 0.236 e. The van der Waals surface area contributed by atoms with Crippen molar-refractivity contribution in [2.75, 3.05) is 0 Å². The third-order valence-corrected chi connectivity index (χ3v) is 3.10. The standard InChI is InChI=1S/C8H11BrN2OS.ClH/c1-5(10)8(12)11-4-6-2-3-7(9)13-6;/h2-3,5H,4,10H2,1H3,(H,11,12);1H/t5-;/m1./s1. The largest absolute Gasteiger partial charge is 0.350 e. The number of rotatable bonds is 3. The van der Waals surface area contributed by atoms with E-state index in [2.05, 4.69) is 21.2 Å². The number of nitrogens with two attached hydrogens (primary N) is 1. The monoisotopic (exact) mass is 298 g/mol. The van der Waals surface area contributed by atoms with E-state index in [0.717, 1.165) is 8.66 Å². The molecule has 0 radical (unpaired) electrons. The molecule has 0 aliphatic heterocycles. The van der Waals surface area contributed by atoms with Gasteiger partial charge < -0.3 is 11.1 Å². The summed E-state index contributed by atoms with van der Waals surface area (Å²) in [7, 11) is 0. The molecule has 1 atom stereocenters. The molecule has 1 heterocycles. The molecule has 0 aromatic carbocycles. The van der Waals surface area contributed by atoms with Gasteiger partial charge in [-0.3, -0.25) is 4.79 Å². The van der Waals surface area contributed by atoms with Gasteiger partial charge in [-0.25, -0.2) is 0 Å². The first-order valence-electron chi connectivity index (χ1n) is 3.87. The summed E-state index contributed by atoms with van der Waals surface area (Å²) in [6.07, 6.45) is 0. The van der Waals surface area contributed by atoms with E-state index in [1.807, 2.05) is 12.1 Å². The summed E-state index contributed by atoms with van der Waals surface area (Å²) >= 11 is 4.95. The van der Waals surface area contributed by atoms with Crippen LogP contribution < -0.4 is 11.1 Å². The first-order valence-corrected chi connectivity index (χ1v) is 5.48. The van der Waals surface area contributed by atoms with Crippen molar-refractivity contribution >= 4 is 45.6 Å². The molecule has 3 nitrogen and oxygen atoms in total. The molecule has 80 valence electrons. The zero-order valence-corrected chi connectivity index (χ0v) is 10.8. The Hall–Kier alpha value is -0.100. The van der Waals surface area contributed by atoms with E-state index in [4.69, 9.17) is 5.73 Å². The third kappa shape index (κ3) is 4.41. The Labute approximate surface area is 102 Å². The van der Waals surface area contributed by atoms with E-state index < -0.39 is 6.04 Å². The van der Waals surface area contributed by atoms with Crippen LogP contribution in [0.4, 0.5) is 0 Å². The maximum absolute atomic E-state index is 11.1. The van der Waals surface area contributed by atoms with Crippen molar-refractivity contribution in [2.24, 2.45) is 5.73 Å². The average molecular weight is 300 g/mol. The number of carbonyl (C=O) groups is 1. The Bertz CT molecular complexity index is 303. The van der Waals surface area contributed by atoms with E-state index in [-0.39, 0.29) is 18.3 Å². The molecule has 1 aromatic rings. The highest BCUT2D eigenvalue weighted by atomic mass is 79.9. The lowest BCUT2D eigenvalue weighted by Gasteiger charge is -2.05. The lowest BCUT2D eigenvalue weighted by atomic mass is 10.3. The van der Waals surface area contributed by atoms with Crippen molar-refractivity contribution in [2.45, 2.75) is 19.5 Å². The number of nitrogens with one attached hydrogen (secondary N) is 1. The Morgan fingerprint density at radius 1 is 1.71 bits per heavy atom. The van der Waals surface area contributed by atoms with Crippen LogP contribution in [0, 0.1) is 0 Å². The second kappa shape index (κ2) is 6.40. The van der Waals surface area contributed by atoms with E-state index in [0.29, 0.717) is 6.54 Å². The quantitative estimate of drug-likeness (QED) is 0.895. The third-order valence-electron chi connectivity index (χ3n) is 1.48. The van der Waals surface area contributed by atoms with Crippen molar-refractivity contribution in [3.8, 4) is 0 Å². The number of carbonyl (C=O) groups excluding carboxylic acids is 1. The van der Waals surface area contributed by atoms with Gasteiger partial charge in [0.05, 0.1) is 16.4 Å². The van der Waals surface area contributed by atoms with Gasteiger partial charge in [0.15, 0.2) is 0 Å². The Morgan fingerprint density at radius 3 is 2.79 bits per heavy atom. The number of amides is 1.